The van der Waals surface area contributed by atoms with Crippen molar-refractivity contribution in [3.05, 3.63) is 71.4 Å². The Morgan fingerprint density at radius 3 is 2.64 bits per heavy atom. The minimum Gasteiger partial charge on any atom is -0.394 e. The van der Waals surface area contributed by atoms with Crippen LogP contribution < -0.4 is 16.0 Å². The number of hydrogen-bond acceptors (Lipinski definition) is 11. The third-order valence-electron chi connectivity index (χ3n) is 5.59. The fraction of sp³-hybridized carbons (Fsp3) is 0.250. The van der Waals surface area contributed by atoms with E-state index in [0.717, 1.165) is 5.56 Å². The van der Waals surface area contributed by atoms with E-state index >= 15 is 0 Å². The first-order valence-corrected chi connectivity index (χ1v) is 11.2. The highest BCUT2D eigenvalue weighted by Gasteiger charge is 2.26. The molecule has 4 aromatic rings. The molecule has 4 heterocycles. The lowest BCUT2D eigenvalue weighted by molar-refractivity contribution is 0.0661. The predicted octanol–water partition coefficient (Wildman–Crippen LogP) is 2.28. The number of aliphatic hydroxyl groups excluding tert-OH is 1. The molecule has 0 bridgehead atoms. The van der Waals surface area contributed by atoms with E-state index in [1.807, 2.05) is 30.3 Å². The zero-order chi connectivity index (χ0) is 25.3. The van der Waals surface area contributed by atoms with Crippen molar-refractivity contribution in [3.8, 4) is 11.5 Å². The van der Waals surface area contributed by atoms with Crippen molar-refractivity contribution in [2.24, 2.45) is 0 Å². The molecule has 36 heavy (non-hydrogen) atoms. The molecule has 0 radical (unpaired) electrons. The first-order valence-electron chi connectivity index (χ1n) is 11.2. The number of carbonyl (C=O) groups is 1. The first kappa shape index (κ1) is 23.3. The van der Waals surface area contributed by atoms with Gasteiger partial charge in [0, 0.05) is 18.5 Å². The molecule has 1 amide bonds. The van der Waals surface area contributed by atoms with Gasteiger partial charge in [-0.15, -0.1) is 0 Å². The number of carbonyl (C=O) groups excluding carboxylic acids is 1. The number of aliphatic hydroxyl groups is 2. The van der Waals surface area contributed by atoms with Gasteiger partial charge >= 0.3 is 0 Å². The molecular formula is C24H24N8O4. The number of hydrogen-bond donors (Lipinski definition) is 5. The minimum atomic E-state index is -1.29. The van der Waals surface area contributed by atoms with Crippen molar-refractivity contribution in [2.75, 3.05) is 17.2 Å². The quantitative estimate of drug-likeness (QED) is 0.246. The van der Waals surface area contributed by atoms with Crippen LogP contribution in [0.15, 0.2) is 53.3 Å². The summed E-state index contributed by atoms with van der Waals surface area (Å²) in [5.74, 6) is 0.760. The average Bonchev–Trinajstić information content (AvgIpc) is 3.51. The van der Waals surface area contributed by atoms with Crippen LogP contribution in [0.4, 0.5) is 17.5 Å². The Morgan fingerprint density at radius 2 is 1.92 bits per heavy atom. The molecule has 184 valence electrons. The molecule has 0 saturated heterocycles. The van der Waals surface area contributed by atoms with E-state index in [2.05, 4.69) is 41.0 Å². The number of rotatable bonds is 8. The Kier molecular flexibility index (Phi) is 6.04. The molecule has 0 unspecified atom stereocenters. The van der Waals surface area contributed by atoms with Crippen molar-refractivity contribution in [1.29, 1.82) is 0 Å². The van der Waals surface area contributed by atoms with Crippen LogP contribution >= 0.6 is 0 Å². The summed E-state index contributed by atoms with van der Waals surface area (Å²) in [4.78, 5) is 29.1. The van der Waals surface area contributed by atoms with E-state index in [1.165, 1.54) is 12.4 Å². The Hall–Kier alpha value is -4.42. The highest BCUT2D eigenvalue weighted by atomic mass is 16.5. The average molecular weight is 489 g/mol. The van der Waals surface area contributed by atoms with Gasteiger partial charge in [-0.3, -0.25) is 4.79 Å². The maximum atomic E-state index is 11.8. The highest BCUT2D eigenvalue weighted by Crippen LogP contribution is 2.33. The summed E-state index contributed by atoms with van der Waals surface area (Å²) in [5.41, 5.74) is 1.64. The molecule has 1 aliphatic rings. The van der Waals surface area contributed by atoms with Crippen LogP contribution in [-0.4, -0.2) is 47.8 Å². The maximum absolute atomic E-state index is 11.8. The number of nitrogens with zero attached hydrogens (tertiary/aromatic N) is 5. The van der Waals surface area contributed by atoms with Gasteiger partial charge in [0.25, 0.3) is 11.8 Å². The number of fused-ring (bicyclic) bond motifs is 1. The SMILES string of the molecule is CC(C)(O)c1noc(-c2cnc(Nc3ncc4c(n3)CNC4=O)cc2N[C@H](CO)c2ccccc2)n1. The zero-order valence-electron chi connectivity index (χ0n) is 19.6. The number of amides is 1. The summed E-state index contributed by atoms with van der Waals surface area (Å²) in [7, 11) is 0. The van der Waals surface area contributed by atoms with Crippen LogP contribution in [-0.2, 0) is 12.1 Å². The van der Waals surface area contributed by atoms with Crippen LogP contribution in [0.3, 0.4) is 0 Å². The smallest absolute Gasteiger partial charge is 0.261 e. The van der Waals surface area contributed by atoms with Gasteiger partial charge in [0.05, 0.1) is 41.7 Å². The fourth-order valence-electron chi connectivity index (χ4n) is 3.68. The molecule has 12 heteroatoms. The summed E-state index contributed by atoms with van der Waals surface area (Å²) in [6, 6.07) is 10.7. The van der Waals surface area contributed by atoms with E-state index in [4.69, 9.17) is 4.52 Å². The normalized spacial score (nSPS) is 13.7. The molecule has 0 aliphatic carbocycles. The van der Waals surface area contributed by atoms with Crippen molar-refractivity contribution >= 4 is 23.4 Å². The number of benzene rings is 1. The largest absolute Gasteiger partial charge is 0.394 e. The van der Waals surface area contributed by atoms with Gasteiger partial charge in [0.15, 0.2) is 0 Å². The summed E-state index contributed by atoms with van der Waals surface area (Å²) in [6.45, 7) is 3.27. The maximum Gasteiger partial charge on any atom is 0.261 e. The fourth-order valence-corrected chi connectivity index (χ4v) is 3.68. The lowest BCUT2D eigenvalue weighted by Crippen LogP contribution is -2.17. The van der Waals surface area contributed by atoms with Gasteiger partial charge in [-0.1, -0.05) is 35.5 Å². The first-order chi connectivity index (χ1) is 17.3. The van der Waals surface area contributed by atoms with Crippen molar-refractivity contribution in [1.82, 2.24) is 30.4 Å². The van der Waals surface area contributed by atoms with Crippen LogP contribution in [0.5, 0.6) is 0 Å². The highest BCUT2D eigenvalue weighted by molar-refractivity contribution is 5.97. The van der Waals surface area contributed by atoms with E-state index in [9.17, 15) is 15.0 Å². The lowest BCUT2D eigenvalue weighted by Gasteiger charge is -2.20. The van der Waals surface area contributed by atoms with Crippen molar-refractivity contribution < 1.29 is 19.5 Å². The van der Waals surface area contributed by atoms with E-state index in [1.54, 1.807) is 19.9 Å². The molecule has 12 nitrogen and oxygen atoms in total. The Labute approximate surface area is 205 Å². The van der Waals surface area contributed by atoms with Gasteiger partial charge < -0.3 is 30.7 Å². The second kappa shape index (κ2) is 9.32. The summed E-state index contributed by atoms with van der Waals surface area (Å²) >= 11 is 0. The molecule has 5 N–H and O–H groups in total. The van der Waals surface area contributed by atoms with Crippen LogP contribution in [0.25, 0.3) is 11.5 Å². The second-order valence-electron chi connectivity index (χ2n) is 8.75. The molecule has 0 spiro atoms. The van der Waals surface area contributed by atoms with E-state index in [-0.39, 0.29) is 30.2 Å². The van der Waals surface area contributed by atoms with Crippen molar-refractivity contribution in [2.45, 2.75) is 32.0 Å². The molecular weight excluding hydrogens is 464 g/mol. The Bertz CT molecular complexity index is 1400. The van der Waals surface area contributed by atoms with Crippen LogP contribution in [0.2, 0.25) is 0 Å². The molecule has 1 atom stereocenters. The predicted molar refractivity (Wildman–Crippen MR) is 129 cm³/mol. The van der Waals surface area contributed by atoms with Gasteiger partial charge in [-0.05, 0) is 19.4 Å². The molecule has 1 aromatic carbocycles. The molecule has 0 saturated carbocycles. The molecule has 5 rings (SSSR count). The number of nitrogens with one attached hydrogen (secondary N) is 3. The Balaban J connectivity index is 1.50. The summed E-state index contributed by atoms with van der Waals surface area (Å²) in [6.07, 6.45) is 3.00. The van der Waals surface area contributed by atoms with Gasteiger partial charge in [0.1, 0.15) is 11.4 Å². The number of aromatic nitrogens is 5. The Morgan fingerprint density at radius 1 is 1.14 bits per heavy atom. The van der Waals surface area contributed by atoms with E-state index in [0.29, 0.717) is 34.9 Å². The lowest BCUT2D eigenvalue weighted by atomic mass is 10.1. The van der Waals surface area contributed by atoms with Crippen molar-refractivity contribution in [3.63, 3.8) is 0 Å². The minimum absolute atomic E-state index is 0.127. The molecule has 0 fully saturated rings. The van der Waals surface area contributed by atoms with Gasteiger partial charge in [-0.2, -0.15) is 4.98 Å². The second-order valence-corrected chi connectivity index (χ2v) is 8.75. The summed E-state index contributed by atoms with van der Waals surface area (Å²) in [5, 5.41) is 33.3. The number of pyridine rings is 1. The monoisotopic (exact) mass is 488 g/mol. The molecule has 3 aromatic heterocycles. The third-order valence-corrected chi connectivity index (χ3v) is 5.59. The zero-order valence-corrected chi connectivity index (χ0v) is 19.6. The molecule has 1 aliphatic heterocycles. The number of anilines is 3. The van der Waals surface area contributed by atoms with Gasteiger partial charge in [0.2, 0.25) is 11.8 Å². The summed E-state index contributed by atoms with van der Waals surface area (Å²) < 4.78 is 5.41. The standard InChI is InChI=1S/C24H24N8O4/c1-24(2,35)22-31-21(36-32-22)15-10-25-19(30-23-27-9-14-17(29-23)11-26-20(14)34)8-16(15)28-18(12-33)13-6-4-3-5-7-13/h3-10,18,33,35H,11-12H2,1-2H3,(H,26,34)(H2,25,27,28,29,30)/t18-/m1/s1. The third kappa shape index (κ3) is 4.72. The van der Waals surface area contributed by atoms with Crippen LogP contribution in [0, 0.1) is 0 Å². The van der Waals surface area contributed by atoms with E-state index < -0.39 is 11.6 Å². The van der Waals surface area contributed by atoms with Gasteiger partial charge in [-0.25, -0.2) is 15.0 Å². The topological polar surface area (TPSA) is 171 Å². The van der Waals surface area contributed by atoms with Crippen LogP contribution in [0.1, 0.15) is 47.3 Å².